The van der Waals surface area contributed by atoms with Crippen LogP contribution in [-0.4, -0.2) is 65.3 Å². The van der Waals surface area contributed by atoms with E-state index in [1.807, 2.05) is 0 Å². The summed E-state index contributed by atoms with van der Waals surface area (Å²) in [6.45, 7) is 6.13. The number of carbonyl (C=O) groups excluding carboxylic acids is 1. The zero-order valence-electron chi connectivity index (χ0n) is 10.5. The minimum atomic E-state index is -1.01. The van der Waals surface area contributed by atoms with Crippen molar-refractivity contribution in [2.45, 2.75) is 38.6 Å². The van der Waals surface area contributed by atoms with Crippen molar-refractivity contribution in [3.63, 3.8) is 0 Å². The molecule has 0 bridgehead atoms. The first-order chi connectivity index (χ1) is 7.79. The number of hydrogen-bond donors (Lipinski definition) is 2. The summed E-state index contributed by atoms with van der Waals surface area (Å²) >= 11 is 0. The van der Waals surface area contributed by atoms with E-state index >= 15 is 0 Å². The largest absolute Gasteiger partial charge is 0.444 e. The molecule has 1 saturated heterocycles. The molecule has 1 rings (SSSR count). The quantitative estimate of drug-likeness (QED) is 0.628. The molecule has 0 spiro atoms. The lowest BCUT2D eigenvalue weighted by Crippen LogP contribution is -2.48. The van der Waals surface area contributed by atoms with E-state index in [9.17, 15) is 15.0 Å². The Hall–Kier alpha value is -0.850. The van der Waals surface area contributed by atoms with Crippen LogP contribution in [0.1, 0.15) is 20.8 Å². The molecule has 0 saturated carbocycles. The fourth-order valence-electron chi connectivity index (χ4n) is 1.42. The zero-order chi connectivity index (χ0) is 13.1. The molecule has 1 amide bonds. The lowest BCUT2D eigenvalue weighted by molar-refractivity contribution is -0.0729. The number of ether oxygens (including phenoxy) is 2. The summed E-state index contributed by atoms with van der Waals surface area (Å²) in [7, 11) is 0. The van der Waals surface area contributed by atoms with Gasteiger partial charge in [-0.3, -0.25) is 0 Å². The second-order valence-electron chi connectivity index (χ2n) is 5.14. The van der Waals surface area contributed by atoms with Gasteiger partial charge < -0.3 is 24.6 Å². The Balaban J connectivity index is 2.58. The summed E-state index contributed by atoms with van der Waals surface area (Å²) in [6.07, 6.45) is -2.49. The highest BCUT2D eigenvalue weighted by molar-refractivity contribution is 5.68. The third-order valence-electron chi connectivity index (χ3n) is 2.30. The van der Waals surface area contributed by atoms with Crippen LogP contribution >= 0.6 is 0 Å². The van der Waals surface area contributed by atoms with E-state index in [1.54, 1.807) is 20.8 Å². The predicted octanol–water partition coefficient (Wildman–Crippen LogP) is -0.0245. The number of nitrogens with zero attached hydrogens (tertiary/aromatic N) is 1. The molecular weight excluding hydrogens is 226 g/mol. The smallest absolute Gasteiger partial charge is 0.410 e. The summed E-state index contributed by atoms with van der Waals surface area (Å²) in [4.78, 5) is 13.1. The monoisotopic (exact) mass is 247 g/mol. The second kappa shape index (κ2) is 5.66. The van der Waals surface area contributed by atoms with Crippen molar-refractivity contribution >= 4 is 6.09 Å². The molecule has 0 aromatic heterocycles. The Morgan fingerprint density at radius 3 is 2.59 bits per heavy atom. The van der Waals surface area contributed by atoms with Gasteiger partial charge in [0.1, 0.15) is 11.7 Å². The van der Waals surface area contributed by atoms with Crippen molar-refractivity contribution in [2.24, 2.45) is 0 Å². The number of rotatable bonds is 0. The molecule has 1 aliphatic heterocycles. The minimum absolute atomic E-state index is 0.0550. The standard InChI is InChI=1S/C11H21NO5/c1-11(2,3)17-10(15)12-4-5-16-7-9(14)8(13)6-12/h8-9,13-14H,4-7H2,1-3H3/t8-,9+/m1/s1. The molecule has 2 atom stereocenters. The lowest BCUT2D eigenvalue weighted by Gasteiger charge is -2.31. The molecule has 6 nitrogen and oxygen atoms in total. The van der Waals surface area contributed by atoms with Crippen LogP contribution in [0, 0.1) is 0 Å². The number of carbonyl (C=O) groups is 1. The molecule has 0 aromatic rings. The SMILES string of the molecule is CC(C)(C)OC(=O)N1CCOC[C@H](O)[C@H](O)C1. The number of amides is 1. The van der Waals surface area contributed by atoms with Gasteiger partial charge in [0, 0.05) is 6.54 Å². The zero-order valence-corrected chi connectivity index (χ0v) is 10.5. The molecule has 1 aliphatic rings. The predicted molar refractivity (Wildman–Crippen MR) is 60.6 cm³/mol. The van der Waals surface area contributed by atoms with Gasteiger partial charge in [-0.25, -0.2) is 4.79 Å². The lowest BCUT2D eigenvalue weighted by atomic mass is 10.2. The molecule has 0 radical (unpaired) electrons. The summed E-state index contributed by atoms with van der Waals surface area (Å²) in [5, 5.41) is 19.1. The van der Waals surface area contributed by atoms with E-state index in [4.69, 9.17) is 9.47 Å². The average molecular weight is 247 g/mol. The van der Waals surface area contributed by atoms with Gasteiger partial charge in [0.05, 0.1) is 25.9 Å². The van der Waals surface area contributed by atoms with E-state index in [0.29, 0.717) is 13.2 Å². The topological polar surface area (TPSA) is 79.2 Å². The summed E-state index contributed by atoms with van der Waals surface area (Å²) in [6, 6.07) is 0. The van der Waals surface area contributed by atoms with Gasteiger partial charge in [0.15, 0.2) is 0 Å². The van der Waals surface area contributed by atoms with Crippen LogP contribution in [-0.2, 0) is 9.47 Å². The summed E-state index contributed by atoms with van der Waals surface area (Å²) in [5.74, 6) is 0. The maximum Gasteiger partial charge on any atom is 0.410 e. The fourth-order valence-corrected chi connectivity index (χ4v) is 1.42. The minimum Gasteiger partial charge on any atom is -0.444 e. The van der Waals surface area contributed by atoms with Gasteiger partial charge in [-0.1, -0.05) is 0 Å². The van der Waals surface area contributed by atoms with Gasteiger partial charge >= 0.3 is 6.09 Å². The molecule has 0 aliphatic carbocycles. The molecule has 100 valence electrons. The molecule has 1 fully saturated rings. The fraction of sp³-hybridized carbons (Fsp3) is 0.909. The van der Waals surface area contributed by atoms with Crippen LogP contribution < -0.4 is 0 Å². The maximum absolute atomic E-state index is 11.8. The summed E-state index contributed by atoms with van der Waals surface area (Å²) in [5.41, 5.74) is -0.579. The highest BCUT2D eigenvalue weighted by Crippen LogP contribution is 2.12. The Labute approximate surface area is 101 Å². The van der Waals surface area contributed by atoms with Crippen molar-refractivity contribution < 1.29 is 24.5 Å². The number of aliphatic hydroxyl groups is 2. The van der Waals surface area contributed by atoms with Crippen LogP contribution in [0.25, 0.3) is 0 Å². The van der Waals surface area contributed by atoms with E-state index in [0.717, 1.165) is 0 Å². The Kier molecular flexibility index (Phi) is 4.73. The normalized spacial score (nSPS) is 27.2. The first kappa shape index (κ1) is 14.2. The van der Waals surface area contributed by atoms with Gasteiger partial charge in [-0.2, -0.15) is 0 Å². The van der Waals surface area contributed by atoms with E-state index in [2.05, 4.69) is 0 Å². The van der Waals surface area contributed by atoms with Gasteiger partial charge in [-0.05, 0) is 20.8 Å². The molecule has 0 unspecified atom stereocenters. The van der Waals surface area contributed by atoms with Crippen LogP contribution in [0.15, 0.2) is 0 Å². The Bertz CT molecular complexity index is 263. The average Bonchev–Trinajstić information content (AvgIpc) is 2.16. The first-order valence-corrected chi connectivity index (χ1v) is 5.71. The van der Waals surface area contributed by atoms with Crippen molar-refractivity contribution in [1.29, 1.82) is 0 Å². The van der Waals surface area contributed by atoms with Gasteiger partial charge in [0.25, 0.3) is 0 Å². The Morgan fingerprint density at radius 1 is 1.35 bits per heavy atom. The second-order valence-corrected chi connectivity index (χ2v) is 5.14. The number of β-amino-alcohol motifs (C(OH)–C–C–N with tert-alkyl or cyclic N) is 1. The van der Waals surface area contributed by atoms with Crippen molar-refractivity contribution in [2.75, 3.05) is 26.3 Å². The molecule has 17 heavy (non-hydrogen) atoms. The highest BCUT2D eigenvalue weighted by Gasteiger charge is 2.28. The van der Waals surface area contributed by atoms with Crippen molar-refractivity contribution in [1.82, 2.24) is 4.90 Å². The third-order valence-corrected chi connectivity index (χ3v) is 2.30. The summed E-state index contributed by atoms with van der Waals surface area (Å²) < 4.78 is 10.3. The van der Waals surface area contributed by atoms with E-state index in [1.165, 1.54) is 4.90 Å². The first-order valence-electron chi connectivity index (χ1n) is 5.71. The van der Waals surface area contributed by atoms with E-state index in [-0.39, 0.29) is 13.2 Å². The number of aliphatic hydroxyl groups excluding tert-OH is 2. The third kappa shape index (κ3) is 4.89. The van der Waals surface area contributed by atoms with Crippen LogP contribution in [0.2, 0.25) is 0 Å². The van der Waals surface area contributed by atoms with Gasteiger partial charge in [-0.15, -0.1) is 0 Å². The van der Waals surface area contributed by atoms with Crippen LogP contribution in [0.4, 0.5) is 4.79 Å². The van der Waals surface area contributed by atoms with Crippen LogP contribution in [0.3, 0.4) is 0 Å². The molecule has 1 heterocycles. The molecule has 6 heteroatoms. The molecular formula is C11H21NO5. The Morgan fingerprint density at radius 2 is 2.00 bits per heavy atom. The highest BCUT2D eigenvalue weighted by atomic mass is 16.6. The maximum atomic E-state index is 11.8. The van der Waals surface area contributed by atoms with Gasteiger partial charge in [0.2, 0.25) is 0 Å². The van der Waals surface area contributed by atoms with Crippen molar-refractivity contribution in [3.05, 3.63) is 0 Å². The van der Waals surface area contributed by atoms with E-state index < -0.39 is 23.9 Å². The number of hydrogen-bond acceptors (Lipinski definition) is 5. The van der Waals surface area contributed by atoms with Crippen LogP contribution in [0.5, 0.6) is 0 Å². The molecule has 0 aromatic carbocycles. The van der Waals surface area contributed by atoms with Crippen molar-refractivity contribution in [3.8, 4) is 0 Å². The molecule has 2 N–H and O–H groups in total.